The number of nitrogens with zero attached hydrogens (tertiary/aromatic N) is 3. The largest absolute Gasteiger partial charge is 0.399 e. The Morgan fingerprint density at radius 1 is 1.00 bits per heavy atom. The van der Waals surface area contributed by atoms with E-state index in [0.717, 1.165) is 60.2 Å². The minimum atomic E-state index is 0.185. The minimum Gasteiger partial charge on any atom is -0.399 e. The minimum absolute atomic E-state index is 0.185. The fourth-order valence-electron chi connectivity index (χ4n) is 3.40. The number of nitrogen functional groups attached to an aromatic ring is 1. The van der Waals surface area contributed by atoms with Crippen LogP contribution in [0, 0.1) is 0 Å². The van der Waals surface area contributed by atoms with Gasteiger partial charge in [0.25, 0.3) is 0 Å². The van der Waals surface area contributed by atoms with Gasteiger partial charge in [0, 0.05) is 49.4 Å². The Kier molecular flexibility index (Phi) is 5.69. The molecule has 0 unspecified atom stereocenters. The topological polar surface area (TPSA) is 62.5 Å². The lowest BCUT2D eigenvalue weighted by Gasteiger charge is -2.34. The van der Waals surface area contributed by atoms with Gasteiger partial charge >= 0.3 is 0 Å². The molecule has 1 amide bonds. The summed E-state index contributed by atoms with van der Waals surface area (Å²) in [6.07, 6.45) is 0.437. The second kappa shape index (κ2) is 8.54. The predicted octanol–water partition coefficient (Wildman–Crippen LogP) is 3.28. The van der Waals surface area contributed by atoms with E-state index in [9.17, 15) is 4.79 Å². The van der Waals surface area contributed by atoms with Crippen LogP contribution in [0.2, 0.25) is 0 Å². The first-order valence-electron chi connectivity index (χ1n) is 9.52. The summed E-state index contributed by atoms with van der Waals surface area (Å²) in [6, 6.07) is 17.8. The summed E-state index contributed by atoms with van der Waals surface area (Å²) < 4.78 is 0. The number of hydrogen-bond acceptors (Lipinski definition) is 5. The Balaban J connectivity index is 1.28. The number of carbonyl (C=O) groups is 1. The van der Waals surface area contributed by atoms with Crippen LogP contribution in [-0.2, 0) is 17.8 Å². The van der Waals surface area contributed by atoms with Gasteiger partial charge in [-0.3, -0.25) is 9.69 Å². The van der Waals surface area contributed by atoms with Gasteiger partial charge in [0.05, 0.1) is 12.1 Å². The number of rotatable bonds is 5. The molecule has 28 heavy (non-hydrogen) atoms. The van der Waals surface area contributed by atoms with Crippen molar-refractivity contribution in [3.05, 3.63) is 71.2 Å². The van der Waals surface area contributed by atoms with Gasteiger partial charge in [0.1, 0.15) is 5.01 Å². The molecule has 0 aliphatic carbocycles. The molecule has 144 valence electrons. The van der Waals surface area contributed by atoms with Gasteiger partial charge in [-0.2, -0.15) is 0 Å². The molecule has 6 heteroatoms. The molecule has 2 heterocycles. The normalized spacial score (nSPS) is 14.9. The predicted molar refractivity (Wildman–Crippen MR) is 114 cm³/mol. The van der Waals surface area contributed by atoms with Crippen molar-refractivity contribution < 1.29 is 4.79 Å². The van der Waals surface area contributed by atoms with Crippen LogP contribution in [0.15, 0.2) is 60.0 Å². The van der Waals surface area contributed by atoms with Crippen molar-refractivity contribution in [2.24, 2.45) is 0 Å². The zero-order valence-corrected chi connectivity index (χ0v) is 16.6. The monoisotopic (exact) mass is 392 g/mol. The van der Waals surface area contributed by atoms with Crippen molar-refractivity contribution >= 4 is 22.9 Å². The number of anilines is 1. The van der Waals surface area contributed by atoms with Crippen LogP contribution in [0.1, 0.15) is 11.3 Å². The average molecular weight is 393 g/mol. The molecular weight excluding hydrogens is 368 g/mol. The van der Waals surface area contributed by atoms with Crippen molar-refractivity contribution in [1.82, 2.24) is 14.8 Å². The molecule has 1 fully saturated rings. The van der Waals surface area contributed by atoms with E-state index >= 15 is 0 Å². The Bertz CT molecular complexity index is 915. The van der Waals surface area contributed by atoms with Gasteiger partial charge in [0.15, 0.2) is 0 Å². The van der Waals surface area contributed by atoms with E-state index in [1.807, 2.05) is 47.4 Å². The molecule has 3 aromatic rings. The number of nitrogens with two attached hydrogens (primary N) is 1. The number of benzene rings is 2. The molecule has 5 nitrogen and oxygen atoms in total. The smallest absolute Gasteiger partial charge is 0.227 e. The zero-order valence-electron chi connectivity index (χ0n) is 15.8. The molecule has 1 aliphatic heterocycles. The Hall–Kier alpha value is -2.70. The van der Waals surface area contributed by atoms with E-state index in [0.29, 0.717) is 6.42 Å². The maximum Gasteiger partial charge on any atom is 0.227 e. The number of aromatic nitrogens is 1. The maximum absolute atomic E-state index is 12.5. The molecule has 0 saturated carbocycles. The molecular formula is C22H24N4OS. The van der Waals surface area contributed by atoms with E-state index in [2.05, 4.69) is 22.4 Å². The number of piperazine rings is 1. The van der Waals surface area contributed by atoms with Gasteiger partial charge in [0.2, 0.25) is 5.91 Å². The Labute approximate surface area is 169 Å². The lowest BCUT2D eigenvalue weighted by Crippen LogP contribution is -2.48. The number of hydrogen-bond donors (Lipinski definition) is 1. The van der Waals surface area contributed by atoms with Gasteiger partial charge in [-0.25, -0.2) is 4.98 Å². The average Bonchev–Trinajstić information content (AvgIpc) is 3.19. The third-order valence-electron chi connectivity index (χ3n) is 5.02. The van der Waals surface area contributed by atoms with Crippen LogP contribution in [0.25, 0.3) is 10.6 Å². The number of carbonyl (C=O) groups excluding carboxylic acids is 1. The van der Waals surface area contributed by atoms with Crippen LogP contribution in [0.3, 0.4) is 0 Å². The summed E-state index contributed by atoms with van der Waals surface area (Å²) in [5, 5.41) is 3.20. The fourth-order valence-corrected chi connectivity index (χ4v) is 4.22. The summed E-state index contributed by atoms with van der Waals surface area (Å²) >= 11 is 1.69. The fraction of sp³-hybridized carbons (Fsp3) is 0.273. The molecule has 1 aliphatic rings. The lowest BCUT2D eigenvalue weighted by molar-refractivity contribution is -0.132. The first kappa shape index (κ1) is 18.7. The van der Waals surface area contributed by atoms with Gasteiger partial charge in [-0.1, -0.05) is 42.5 Å². The van der Waals surface area contributed by atoms with Crippen molar-refractivity contribution in [1.29, 1.82) is 0 Å². The molecule has 1 aromatic heterocycles. The second-order valence-electron chi connectivity index (χ2n) is 7.09. The number of amides is 1. The summed E-state index contributed by atoms with van der Waals surface area (Å²) in [5.74, 6) is 0.185. The molecule has 1 saturated heterocycles. The highest BCUT2D eigenvalue weighted by Gasteiger charge is 2.21. The van der Waals surface area contributed by atoms with E-state index in [4.69, 9.17) is 10.7 Å². The van der Waals surface area contributed by atoms with Crippen molar-refractivity contribution in [2.45, 2.75) is 13.0 Å². The molecule has 0 atom stereocenters. The second-order valence-corrected chi connectivity index (χ2v) is 7.94. The van der Waals surface area contributed by atoms with Gasteiger partial charge in [-0.15, -0.1) is 11.3 Å². The highest BCUT2D eigenvalue weighted by molar-refractivity contribution is 7.13. The first-order chi connectivity index (χ1) is 13.7. The van der Waals surface area contributed by atoms with Crippen LogP contribution in [-0.4, -0.2) is 46.9 Å². The van der Waals surface area contributed by atoms with Crippen LogP contribution >= 0.6 is 11.3 Å². The van der Waals surface area contributed by atoms with Gasteiger partial charge in [-0.05, 0) is 17.7 Å². The molecule has 2 aromatic carbocycles. The summed E-state index contributed by atoms with van der Waals surface area (Å²) in [4.78, 5) is 21.7. The van der Waals surface area contributed by atoms with Crippen LogP contribution < -0.4 is 5.73 Å². The molecule has 0 bridgehead atoms. The highest BCUT2D eigenvalue weighted by Crippen LogP contribution is 2.24. The summed E-state index contributed by atoms with van der Waals surface area (Å²) in [5.41, 5.74) is 9.71. The first-order valence-corrected chi connectivity index (χ1v) is 10.4. The van der Waals surface area contributed by atoms with E-state index < -0.39 is 0 Å². The Morgan fingerprint density at radius 3 is 2.43 bits per heavy atom. The molecule has 2 N–H and O–H groups in total. The third kappa shape index (κ3) is 4.58. The zero-order chi connectivity index (χ0) is 19.3. The highest BCUT2D eigenvalue weighted by atomic mass is 32.1. The third-order valence-corrected chi connectivity index (χ3v) is 5.96. The Morgan fingerprint density at radius 2 is 1.71 bits per heavy atom. The van der Waals surface area contributed by atoms with E-state index in [-0.39, 0.29) is 5.91 Å². The molecule has 0 spiro atoms. The maximum atomic E-state index is 12.5. The SMILES string of the molecule is Nc1ccc(CC(=O)N2CCN(Cc3csc(-c4ccccc4)n3)CC2)cc1. The van der Waals surface area contributed by atoms with Crippen molar-refractivity contribution in [3.63, 3.8) is 0 Å². The van der Waals surface area contributed by atoms with Crippen LogP contribution in [0.4, 0.5) is 5.69 Å². The van der Waals surface area contributed by atoms with E-state index in [1.165, 1.54) is 0 Å². The molecule has 4 rings (SSSR count). The molecule has 0 radical (unpaired) electrons. The standard InChI is InChI=1S/C22H24N4OS/c23-19-8-6-17(7-9-19)14-21(27)26-12-10-25(11-13-26)15-20-16-28-22(24-20)18-4-2-1-3-5-18/h1-9,16H,10-15,23H2. The van der Waals surface area contributed by atoms with Crippen molar-refractivity contribution in [3.8, 4) is 10.6 Å². The summed E-state index contributed by atoms with van der Waals surface area (Å²) in [6.45, 7) is 4.13. The van der Waals surface area contributed by atoms with Crippen molar-refractivity contribution in [2.75, 3.05) is 31.9 Å². The van der Waals surface area contributed by atoms with Crippen LogP contribution in [0.5, 0.6) is 0 Å². The summed E-state index contributed by atoms with van der Waals surface area (Å²) in [7, 11) is 0. The lowest BCUT2D eigenvalue weighted by atomic mass is 10.1. The quantitative estimate of drug-likeness (QED) is 0.677. The number of thiazole rings is 1. The van der Waals surface area contributed by atoms with Gasteiger partial charge < -0.3 is 10.6 Å². The van der Waals surface area contributed by atoms with E-state index in [1.54, 1.807) is 11.3 Å².